The highest BCUT2D eigenvalue weighted by molar-refractivity contribution is 6.30. The van der Waals surface area contributed by atoms with E-state index >= 15 is 0 Å². The number of rotatable bonds is 1. The molecule has 0 aliphatic carbocycles. The van der Waals surface area contributed by atoms with Gasteiger partial charge >= 0.3 is 0 Å². The molecule has 1 aromatic carbocycles. The van der Waals surface area contributed by atoms with Crippen molar-refractivity contribution < 1.29 is 4.11 Å². The van der Waals surface area contributed by atoms with E-state index in [0.717, 1.165) is 26.6 Å². The van der Waals surface area contributed by atoms with Gasteiger partial charge in [0.25, 0.3) is 0 Å². The highest BCUT2D eigenvalue weighted by atomic mass is 35.5. The predicted octanol–water partition coefficient (Wildman–Crippen LogP) is 3.29. The van der Waals surface area contributed by atoms with E-state index in [0.29, 0.717) is 5.15 Å². The Morgan fingerprint density at radius 1 is 1.18 bits per heavy atom. The summed E-state index contributed by atoms with van der Waals surface area (Å²) >= 11 is 5.88. The lowest BCUT2D eigenvalue weighted by atomic mass is 10.1. The molecule has 0 radical (unpaired) electrons. The lowest BCUT2D eigenvalue weighted by Gasteiger charge is -2.01. The fourth-order valence-electron chi connectivity index (χ4n) is 1.77. The summed E-state index contributed by atoms with van der Waals surface area (Å²) in [5, 5.41) is 6.22. The van der Waals surface area contributed by atoms with Gasteiger partial charge in [0.2, 0.25) is 0 Å². The van der Waals surface area contributed by atoms with Crippen molar-refractivity contribution in [2.75, 3.05) is 0 Å². The molecule has 0 amide bonds. The smallest absolute Gasteiger partial charge is 0.129 e. The molecule has 2 heterocycles. The number of aromatic nitrogens is 3. The van der Waals surface area contributed by atoms with Crippen LogP contribution in [0.15, 0.2) is 42.9 Å². The Labute approximate surface area is 108 Å². The summed E-state index contributed by atoms with van der Waals surface area (Å²) in [5.74, 6) is 0. The Morgan fingerprint density at radius 3 is 2.94 bits per heavy atom. The van der Waals surface area contributed by atoms with Crippen molar-refractivity contribution in [1.29, 1.82) is 0 Å². The van der Waals surface area contributed by atoms with Crippen LogP contribution in [0, 0.1) is 0 Å². The summed E-state index contributed by atoms with van der Waals surface area (Å²) in [6.07, 6.45) is 4.75. The Bertz CT molecular complexity index is 780. The molecule has 0 N–H and O–H groups in total. The maximum Gasteiger partial charge on any atom is 0.129 e. The summed E-state index contributed by atoms with van der Waals surface area (Å²) < 4.78 is 22.9. The van der Waals surface area contributed by atoms with Crippen molar-refractivity contribution in [1.82, 2.24) is 14.8 Å². The lowest BCUT2D eigenvalue weighted by Crippen LogP contribution is -1.84. The molecule has 0 fully saturated rings. The molecule has 17 heavy (non-hydrogen) atoms. The monoisotopic (exact) mass is 246 g/mol. The first kappa shape index (κ1) is 7.45. The van der Waals surface area contributed by atoms with Gasteiger partial charge in [-0.15, -0.1) is 0 Å². The van der Waals surface area contributed by atoms with Crippen molar-refractivity contribution in [2.24, 2.45) is 6.98 Å². The summed E-state index contributed by atoms with van der Waals surface area (Å²) in [4.78, 5) is 4.02. The van der Waals surface area contributed by atoms with Gasteiger partial charge in [0, 0.05) is 34.4 Å². The number of nitrogens with zero attached hydrogens (tertiary/aromatic N) is 3. The largest absolute Gasteiger partial charge is 0.275 e. The topological polar surface area (TPSA) is 30.7 Å². The molecule has 3 nitrogen and oxygen atoms in total. The SMILES string of the molecule is [2H]C([2H])([2H])n1cc(-c2ccc3cnc(Cl)cc3c2)cn1. The average molecular weight is 247 g/mol. The second kappa shape index (κ2) is 3.86. The van der Waals surface area contributed by atoms with Crippen LogP contribution in [0.5, 0.6) is 0 Å². The lowest BCUT2D eigenvalue weighted by molar-refractivity contribution is 0.768. The summed E-state index contributed by atoms with van der Waals surface area (Å²) in [7, 11) is 0. The van der Waals surface area contributed by atoms with Gasteiger partial charge < -0.3 is 0 Å². The molecule has 3 rings (SSSR count). The minimum Gasteiger partial charge on any atom is -0.275 e. The first-order valence-electron chi connectivity index (χ1n) is 6.54. The molecule has 0 bridgehead atoms. The molecular formula is C13H10ClN3. The number of pyridine rings is 1. The molecule has 2 aromatic heterocycles. The zero-order chi connectivity index (χ0) is 14.3. The molecule has 0 unspecified atom stereocenters. The highest BCUT2D eigenvalue weighted by Crippen LogP contribution is 2.24. The van der Waals surface area contributed by atoms with Crippen LogP contribution in [0.1, 0.15) is 4.11 Å². The van der Waals surface area contributed by atoms with Crippen LogP contribution in [0.2, 0.25) is 5.15 Å². The van der Waals surface area contributed by atoms with E-state index in [4.69, 9.17) is 15.7 Å². The number of hydrogen-bond donors (Lipinski definition) is 0. The van der Waals surface area contributed by atoms with E-state index in [9.17, 15) is 0 Å². The molecule has 0 saturated carbocycles. The average Bonchev–Trinajstić information content (AvgIpc) is 2.87. The minimum absolute atomic E-state index is 0.424. The molecule has 84 valence electrons. The van der Waals surface area contributed by atoms with Gasteiger partial charge in [0.1, 0.15) is 5.15 Å². The third kappa shape index (κ3) is 1.89. The second-order valence-corrected chi connectivity index (χ2v) is 4.13. The number of benzene rings is 1. The predicted molar refractivity (Wildman–Crippen MR) is 69.0 cm³/mol. The van der Waals surface area contributed by atoms with Gasteiger partial charge in [0.05, 0.1) is 6.20 Å². The van der Waals surface area contributed by atoms with Gasteiger partial charge in [-0.3, -0.25) is 4.68 Å². The minimum atomic E-state index is -2.26. The Hall–Kier alpha value is -1.87. The zero-order valence-electron chi connectivity index (χ0n) is 11.8. The van der Waals surface area contributed by atoms with Crippen LogP contribution in [-0.2, 0) is 6.98 Å². The van der Waals surface area contributed by atoms with E-state index in [1.165, 1.54) is 12.4 Å². The fourth-order valence-corrected chi connectivity index (χ4v) is 1.93. The molecular weight excluding hydrogens is 234 g/mol. The highest BCUT2D eigenvalue weighted by Gasteiger charge is 2.02. The Kier molecular flexibility index (Phi) is 1.69. The van der Waals surface area contributed by atoms with Crippen molar-refractivity contribution in [3.63, 3.8) is 0 Å². The van der Waals surface area contributed by atoms with E-state index in [-0.39, 0.29) is 0 Å². The maximum absolute atomic E-state index is 7.32. The zero-order valence-corrected chi connectivity index (χ0v) is 9.52. The number of aryl methyl sites for hydroxylation is 1. The first-order valence-corrected chi connectivity index (χ1v) is 5.42. The van der Waals surface area contributed by atoms with Crippen LogP contribution in [0.25, 0.3) is 21.9 Å². The Morgan fingerprint density at radius 2 is 2.12 bits per heavy atom. The van der Waals surface area contributed by atoms with E-state index in [1.54, 1.807) is 12.3 Å². The summed E-state index contributed by atoms with van der Waals surface area (Å²) in [6.45, 7) is -2.26. The van der Waals surface area contributed by atoms with E-state index < -0.39 is 6.98 Å². The van der Waals surface area contributed by atoms with Crippen LogP contribution in [-0.4, -0.2) is 14.8 Å². The van der Waals surface area contributed by atoms with Crippen molar-refractivity contribution in [2.45, 2.75) is 0 Å². The van der Waals surface area contributed by atoms with E-state index in [1.807, 2.05) is 18.2 Å². The fraction of sp³-hybridized carbons (Fsp3) is 0.0769. The molecule has 0 saturated heterocycles. The van der Waals surface area contributed by atoms with Crippen molar-refractivity contribution in [3.8, 4) is 11.1 Å². The van der Waals surface area contributed by atoms with Crippen molar-refractivity contribution >= 4 is 22.4 Å². The second-order valence-electron chi connectivity index (χ2n) is 3.74. The van der Waals surface area contributed by atoms with Crippen LogP contribution in [0.3, 0.4) is 0 Å². The maximum atomic E-state index is 7.32. The number of halogens is 1. The molecule has 0 spiro atoms. The van der Waals surface area contributed by atoms with Gasteiger partial charge in [0.15, 0.2) is 0 Å². The van der Waals surface area contributed by atoms with Gasteiger partial charge in [-0.05, 0) is 23.1 Å². The van der Waals surface area contributed by atoms with Crippen LogP contribution >= 0.6 is 11.6 Å². The van der Waals surface area contributed by atoms with Crippen molar-refractivity contribution in [3.05, 3.63) is 48.0 Å². The van der Waals surface area contributed by atoms with Gasteiger partial charge in [-0.1, -0.05) is 23.7 Å². The summed E-state index contributed by atoms with van der Waals surface area (Å²) in [6, 6.07) is 7.53. The van der Waals surface area contributed by atoms with E-state index in [2.05, 4.69) is 10.1 Å². The molecule has 0 aliphatic rings. The third-order valence-corrected chi connectivity index (χ3v) is 2.81. The van der Waals surface area contributed by atoms with Gasteiger partial charge in [-0.2, -0.15) is 5.10 Å². The third-order valence-electron chi connectivity index (χ3n) is 2.60. The molecule has 0 aliphatic heterocycles. The van der Waals surface area contributed by atoms with Crippen LogP contribution < -0.4 is 0 Å². The standard InChI is InChI=1S/C13H10ClN3/c1-17-8-12(7-16-17)9-2-3-10-6-15-13(14)5-11(10)4-9/h2-8H,1H3/i1D3. The first-order chi connectivity index (χ1) is 9.43. The number of fused-ring (bicyclic) bond motifs is 1. The quantitative estimate of drug-likeness (QED) is 0.617. The molecule has 3 aromatic rings. The normalized spacial score (nSPS) is 14.3. The van der Waals surface area contributed by atoms with Crippen LogP contribution in [0.4, 0.5) is 0 Å². The molecule has 4 heteroatoms. The number of hydrogen-bond acceptors (Lipinski definition) is 2. The van der Waals surface area contributed by atoms with Gasteiger partial charge in [-0.25, -0.2) is 4.98 Å². The summed E-state index contributed by atoms with van der Waals surface area (Å²) in [5.41, 5.74) is 1.63. The molecule has 0 atom stereocenters. The Balaban J connectivity index is 2.08.